The van der Waals surface area contributed by atoms with Crippen LogP contribution in [0.5, 0.6) is 0 Å². The lowest BCUT2D eigenvalue weighted by atomic mass is 9.99. The Kier molecular flexibility index (Phi) is 4.74. The van der Waals surface area contributed by atoms with Gasteiger partial charge in [0.05, 0.1) is 0 Å². The van der Waals surface area contributed by atoms with E-state index in [1.165, 1.54) is 36.0 Å². The molecule has 1 aliphatic rings. The van der Waals surface area contributed by atoms with E-state index in [1.807, 2.05) is 11.8 Å². The fourth-order valence-electron chi connectivity index (χ4n) is 2.98. The molecule has 0 bridgehead atoms. The predicted molar refractivity (Wildman–Crippen MR) is 82.4 cm³/mol. The second kappa shape index (κ2) is 6.12. The van der Waals surface area contributed by atoms with E-state index in [4.69, 9.17) is 0 Å². The van der Waals surface area contributed by atoms with Crippen LogP contribution in [0.1, 0.15) is 48.9 Å². The highest BCUT2D eigenvalue weighted by Gasteiger charge is 2.25. The lowest BCUT2D eigenvalue weighted by molar-refractivity contribution is 0.461. The summed E-state index contributed by atoms with van der Waals surface area (Å²) in [7, 11) is 0. The molecule has 1 nitrogen and oxygen atoms in total. The Hall–Kier alpha value is -0.470. The molecular weight excluding hydrogens is 238 g/mol. The van der Waals surface area contributed by atoms with Crippen molar-refractivity contribution in [1.82, 2.24) is 5.32 Å². The van der Waals surface area contributed by atoms with Crippen LogP contribution in [0.3, 0.4) is 0 Å². The van der Waals surface area contributed by atoms with E-state index in [2.05, 4.69) is 50.5 Å². The highest BCUT2D eigenvalue weighted by molar-refractivity contribution is 7.99. The minimum atomic E-state index is 0.468. The van der Waals surface area contributed by atoms with Crippen molar-refractivity contribution < 1.29 is 0 Å². The van der Waals surface area contributed by atoms with Gasteiger partial charge in [0.15, 0.2) is 0 Å². The smallest absolute Gasteiger partial charge is 0.0297 e. The van der Waals surface area contributed by atoms with Crippen molar-refractivity contribution in [3.63, 3.8) is 0 Å². The van der Waals surface area contributed by atoms with Crippen LogP contribution < -0.4 is 5.32 Å². The van der Waals surface area contributed by atoms with Gasteiger partial charge in [0.1, 0.15) is 0 Å². The first-order valence-electron chi connectivity index (χ1n) is 6.96. The first kappa shape index (κ1) is 14.0. The molecule has 1 fully saturated rings. The van der Waals surface area contributed by atoms with E-state index in [0.29, 0.717) is 12.1 Å². The van der Waals surface area contributed by atoms with E-state index in [9.17, 15) is 0 Å². The second-order valence-corrected chi connectivity index (χ2v) is 6.75. The van der Waals surface area contributed by atoms with Gasteiger partial charge in [-0.05, 0) is 57.4 Å². The van der Waals surface area contributed by atoms with E-state index < -0.39 is 0 Å². The van der Waals surface area contributed by atoms with Crippen molar-refractivity contribution in [1.29, 1.82) is 0 Å². The number of hydrogen-bond donors (Lipinski definition) is 1. The van der Waals surface area contributed by atoms with Gasteiger partial charge in [-0.1, -0.05) is 23.8 Å². The molecule has 100 valence electrons. The zero-order chi connectivity index (χ0) is 13.1. The van der Waals surface area contributed by atoms with Crippen LogP contribution >= 0.6 is 11.8 Å². The molecule has 3 unspecified atom stereocenters. The molecule has 0 heterocycles. The number of hydrogen-bond acceptors (Lipinski definition) is 2. The largest absolute Gasteiger partial charge is 0.307 e. The average molecular weight is 263 g/mol. The van der Waals surface area contributed by atoms with Crippen LogP contribution in [0, 0.1) is 13.8 Å². The number of rotatable bonds is 4. The van der Waals surface area contributed by atoms with Crippen molar-refractivity contribution >= 4 is 11.8 Å². The molecule has 2 heteroatoms. The van der Waals surface area contributed by atoms with E-state index in [-0.39, 0.29) is 0 Å². The molecule has 0 aliphatic heterocycles. The predicted octanol–water partition coefficient (Wildman–Crippen LogP) is 4.24. The van der Waals surface area contributed by atoms with Crippen molar-refractivity contribution in [2.75, 3.05) is 6.26 Å². The number of aryl methyl sites for hydroxylation is 2. The fraction of sp³-hybridized carbons (Fsp3) is 0.625. The van der Waals surface area contributed by atoms with Crippen LogP contribution in [-0.4, -0.2) is 17.5 Å². The molecule has 1 aromatic rings. The zero-order valence-electron chi connectivity index (χ0n) is 12.0. The van der Waals surface area contributed by atoms with Crippen LogP contribution in [-0.2, 0) is 0 Å². The summed E-state index contributed by atoms with van der Waals surface area (Å²) in [5.41, 5.74) is 4.22. The Labute approximate surface area is 116 Å². The van der Waals surface area contributed by atoms with Crippen molar-refractivity contribution in [3.05, 3.63) is 34.9 Å². The molecule has 1 aliphatic carbocycles. The minimum Gasteiger partial charge on any atom is -0.307 e. The summed E-state index contributed by atoms with van der Waals surface area (Å²) in [5.74, 6) is 0. The Morgan fingerprint density at radius 2 is 2.06 bits per heavy atom. The Bertz CT molecular complexity index is 402. The molecule has 0 aromatic heterocycles. The van der Waals surface area contributed by atoms with Crippen LogP contribution in [0.4, 0.5) is 0 Å². The molecule has 18 heavy (non-hydrogen) atoms. The Balaban J connectivity index is 1.99. The number of benzene rings is 1. The molecule has 2 rings (SSSR count). The van der Waals surface area contributed by atoms with Gasteiger partial charge in [0.25, 0.3) is 0 Å². The van der Waals surface area contributed by atoms with Gasteiger partial charge < -0.3 is 5.32 Å². The van der Waals surface area contributed by atoms with E-state index in [1.54, 1.807) is 0 Å². The summed E-state index contributed by atoms with van der Waals surface area (Å²) in [5, 5.41) is 4.68. The molecule has 0 radical (unpaired) electrons. The highest BCUT2D eigenvalue weighted by Crippen LogP contribution is 2.30. The van der Waals surface area contributed by atoms with E-state index >= 15 is 0 Å². The molecule has 0 amide bonds. The third-order valence-electron chi connectivity index (χ3n) is 4.10. The molecule has 1 aromatic carbocycles. The van der Waals surface area contributed by atoms with Crippen LogP contribution in [0.2, 0.25) is 0 Å². The van der Waals surface area contributed by atoms with Gasteiger partial charge in [-0.25, -0.2) is 0 Å². The normalized spacial score (nSPS) is 25.3. The maximum absolute atomic E-state index is 3.81. The van der Waals surface area contributed by atoms with Crippen molar-refractivity contribution in [2.45, 2.75) is 57.4 Å². The summed E-state index contributed by atoms with van der Waals surface area (Å²) in [6.45, 7) is 6.69. The van der Waals surface area contributed by atoms with Gasteiger partial charge in [-0.3, -0.25) is 0 Å². The summed E-state index contributed by atoms with van der Waals surface area (Å²) >= 11 is 2.02. The van der Waals surface area contributed by atoms with Crippen LogP contribution in [0.25, 0.3) is 0 Å². The minimum absolute atomic E-state index is 0.468. The maximum atomic E-state index is 3.81. The summed E-state index contributed by atoms with van der Waals surface area (Å²) in [6, 6.07) is 7.94. The topological polar surface area (TPSA) is 12.0 Å². The standard InChI is InChI=1S/C16H25NS/c1-11-5-6-12(2)16(9-11)13(3)17-14-7-8-15(10-14)18-4/h5-6,9,13-15,17H,7-8,10H2,1-4H3. The third-order valence-corrected chi connectivity index (χ3v) is 5.20. The highest BCUT2D eigenvalue weighted by atomic mass is 32.2. The quantitative estimate of drug-likeness (QED) is 0.872. The van der Waals surface area contributed by atoms with Gasteiger partial charge >= 0.3 is 0 Å². The van der Waals surface area contributed by atoms with Gasteiger partial charge in [0.2, 0.25) is 0 Å². The lowest BCUT2D eigenvalue weighted by Crippen LogP contribution is -2.30. The SMILES string of the molecule is CSC1CCC(NC(C)c2cc(C)ccc2C)C1. The monoisotopic (exact) mass is 263 g/mol. The summed E-state index contributed by atoms with van der Waals surface area (Å²) < 4.78 is 0. The van der Waals surface area contributed by atoms with Crippen molar-refractivity contribution in [3.8, 4) is 0 Å². The maximum Gasteiger partial charge on any atom is 0.0297 e. The number of thioether (sulfide) groups is 1. The molecule has 1 N–H and O–H groups in total. The first-order chi connectivity index (χ1) is 8.60. The van der Waals surface area contributed by atoms with Gasteiger partial charge in [0, 0.05) is 17.3 Å². The van der Waals surface area contributed by atoms with Gasteiger partial charge in [-0.2, -0.15) is 11.8 Å². The lowest BCUT2D eigenvalue weighted by Gasteiger charge is -2.22. The van der Waals surface area contributed by atoms with Gasteiger partial charge in [-0.15, -0.1) is 0 Å². The van der Waals surface area contributed by atoms with Crippen LogP contribution in [0.15, 0.2) is 18.2 Å². The Morgan fingerprint density at radius 3 is 2.72 bits per heavy atom. The first-order valence-corrected chi connectivity index (χ1v) is 8.25. The van der Waals surface area contributed by atoms with Crippen molar-refractivity contribution in [2.24, 2.45) is 0 Å². The second-order valence-electron chi connectivity index (χ2n) is 5.62. The zero-order valence-corrected chi connectivity index (χ0v) is 12.8. The summed E-state index contributed by atoms with van der Waals surface area (Å²) in [6.07, 6.45) is 6.27. The molecule has 0 spiro atoms. The number of nitrogens with one attached hydrogen (secondary N) is 1. The fourth-order valence-corrected chi connectivity index (χ4v) is 3.77. The molecular formula is C16H25NS. The average Bonchev–Trinajstić information content (AvgIpc) is 2.80. The Morgan fingerprint density at radius 1 is 1.28 bits per heavy atom. The molecule has 0 saturated heterocycles. The molecule has 3 atom stereocenters. The third kappa shape index (κ3) is 3.30. The summed E-state index contributed by atoms with van der Waals surface area (Å²) in [4.78, 5) is 0. The van der Waals surface area contributed by atoms with E-state index in [0.717, 1.165) is 5.25 Å². The molecule has 1 saturated carbocycles.